The first-order valence-corrected chi connectivity index (χ1v) is 11.9. The maximum atomic E-state index is 12.6. The number of nitrogens with one attached hydrogen (secondary N) is 1. The van der Waals surface area contributed by atoms with Crippen LogP contribution < -0.4 is 10.1 Å². The Hall–Kier alpha value is -3.46. The van der Waals surface area contributed by atoms with Crippen molar-refractivity contribution < 1.29 is 9.53 Å². The van der Waals surface area contributed by atoms with Gasteiger partial charge in [-0.3, -0.25) is 4.79 Å². The zero-order chi connectivity index (χ0) is 23.7. The molecular formula is C24H17Cl2N5O2S. The molecule has 10 heteroatoms. The highest BCUT2D eigenvalue weighted by atomic mass is 35.5. The molecule has 3 heterocycles. The Morgan fingerprint density at radius 1 is 1.06 bits per heavy atom. The van der Waals surface area contributed by atoms with Crippen molar-refractivity contribution in [1.29, 1.82) is 0 Å². The Bertz CT molecular complexity index is 1470. The first kappa shape index (κ1) is 22.3. The first-order chi connectivity index (χ1) is 16.5. The molecule has 2 aromatic carbocycles. The lowest BCUT2D eigenvalue weighted by molar-refractivity contribution is -0.122. The van der Waals surface area contributed by atoms with E-state index in [9.17, 15) is 4.79 Å². The minimum absolute atomic E-state index is 0.302. The molecule has 0 saturated heterocycles. The van der Waals surface area contributed by atoms with Gasteiger partial charge in [0.15, 0.2) is 17.6 Å². The van der Waals surface area contributed by atoms with Crippen molar-refractivity contribution >= 4 is 51.8 Å². The molecule has 1 atom stereocenters. The van der Waals surface area contributed by atoms with Gasteiger partial charge in [0.25, 0.3) is 5.91 Å². The molecule has 170 valence electrons. The van der Waals surface area contributed by atoms with Crippen LogP contribution in [0.15, 0.2) is 72.1 Å². The van der Waals surface area contributed by atoms with Crippen LogP contribution in [0.2, 0.25) is 10.0 Å². The second kappa shape index (κ2) is 9.42. The number of nitrogens with zero attached hydrogens (tertiary/aromatic N) is 4. The summed E-state index contributed by atoms with van der Waals surface area (Å²) in [5.74, 6) is 0.787. The topological polar surface area (TPSA) is 81.4 Å². The van der Waals surface area contributed by atoms with Gasteiger partial charge in [-0.1, -0.05) is 41.4 Å². The van der Waals surface area contributed by atoms with Crippen LogP contribution in [0.1, 0.15) is 6.92 Å². The number of benzene rings is 2. The van der Waals surface area contributed by atoms with E-state index in [0.29, 0.717) is 33.0 Å². The van der Waals surface area contributed by atoms with E-state index >= 15 is 0 Å². The number of rotatable bonds is 6. The molecular weight excluding hydrogens is 493 g/mol. The lowest BCUT2D eigenvalue weighted by atomic mass is 10.1. The monoisotopic (exact) mass is 509 g/mol. The van der Waals surface area contributed by atoms with E-state index in [1.807, 2.05) is 53.9 Å². The molecule has 0 bridgehead atoms. The van der Waals surface area contributed by atoms with Crippen molar-refractivity contribution in [2.45, 2.75) is 13.0 Å². The Morgan fingerprint density at radius 3 is 2.62 bits per heavy atom. The van der Waals surface area contributed by atoms with Crippen LogP contribution in [-0.2, 0) is 4.79 Å². The molecule has 0 radical (unpaired) electrons. The standard InChI is InChI=1S/C24H17Cl2N5O2S/c1-14(33-20-10-6-16(25)13-18(20)26)24(32)27-17-7-4-15(5-8-17)19-9-11-22-28-29-23(31(22)30-19)21-3-2-12-34-21/h2-14H,1H3,(H,27,32). The highest BCUT2D eigenvalue weighted by Gasteiger charge is 2.17. The van der Waals surface area contributed by atoms with Crippen LogP contribution in [0.5, 0.6) is 5.75 Å². The van der Waals surface area contributed by atoms with Gasteiger partial charge in [0, 0.05) is 16.3 Å². The number of anilines is 1. The fourth-order valence-electron chi connectivity index (χ4n) is 3.29. The number of amides is 1. The molecule has 0 saturated carbocycles. The largest absolute Gasteiger partial charge is 0.479 e. The molecule has 0 fully saturated rings. The molecule has 1 amide bonds. The van der Waals surface area contributed by atoms with Crippen molar-refractivity contribution in [3.63, 3.8) is 0 Å². The van der Waals surface area contributed by atoms with Gasteiger partial charge >= 0.3 is 0 Å². The SMILES string of the molecule is CC(Oc1ccc(Cl)cc1Cl)C(=O)Nc1ccc(-c2ccc3nnc(-c4cccs4)n3n2)cc1. The predicted molar refractivity (Wildman–Crippen MR) is 135 cm³/mol. The minimum atomic E-state index is -0.758. The third kappa shape index (κ3) is 4.61. The average molecular weight is 510 g/mol. The molecule has 0 aliphatic carbocycles. The molecule has 0 aliphatic rings. The van der Waals surface area contributed by atoms with Crippen molar-refractivity contribution in [2.24, 2.45) is 0 Å². The van der Waals surface area contributed by atoms with Crippen molar-refractivity contribution in [2.75, 3.05) is 5.32 Å². The van der Waals surface area contributed by atoms with E-state index in [-0.39, 0.29) is 5.91 Å². The number of thiophene rings is 1. The molecule has 3 aromatic heterocycles. The van der Waals surface area contributed by atoms with Crippen LogP contribution in [0.4, 0.5) is 5.69 Å². The maximum absolute atomic E-state index is 12.6. The summed E-state index contributed by atoms with van der Waals surface area (Å²) in [5, 5.41) is 18.8. The summed E-state index contributed by atoms with van der Waals surface area (Å²) in [5.41, 5.74) is 2.96. The summed E-state index contributed by atoms with van der Waals surface area (Å²) < 4.78 is 7.41. The summed E-state index contributed by atoms with van der Waals surface area (Å²) >= 11 is 13.6. The Kier molecular flexibility index (Phi) is 6.19. The normalized spacial score (nSPS) is 12.0. The van der Waals surface area contributed by atoms with E-state index in [4.69, 9.17) is 33.0 Å². The smallest absolute Gasteiger partial charge is 0.265 e. The zero-order valence-corrected chi connectivity index (χ0v) is 20.1. The molecule has 0 aliphatic heterocycles. The molecule has 1 unspecified atom stereocenters. The van der Waals surface area contributed by atoms with Crippen molar-refractivity contribution in [3.05, 3.63) is 82.2 Å². The van der Waals surface area contributed by atoms with Gasteiger partial charge < -0.3 is 10.1 Å². The molecule has 34 heavy (non-hydrogen) atoms. The minimum Gasteiger partial charge on any atom is -0.479 e. The number of hydrogen-bond acceptors (Lipinski definition) is 6. The second-order valence-corrected chi connectivity index (χ2v) is 9.18. The number of halogens is 2. The number of ether oxygens (including phenoxy) is 1. The summed E-state index contributed by atoms with van der Waals surface area (Å²) in [4.78, 5) is 13.6. The predicted octanol–water partition coefficient (Wildman–Crippen LogP) is 6.23. The number of carbonyl (C=O) groups is 1. The summed E-state index contributed by atoms with van der Waals surface area (Å²) in [7, 11) is 0. The van der Waals surface area contributed by atoms with E-state index in [2.05, 4.69) is 15.5 Å². The van der Waals surface area contributed by atoms with E-state index in [1.165, 1.54) is 0 Å². The third-order valence-electron chi connectivity index (χ3n) is 5.02. The average Bonchev–Trinajstić information content (AvgIpc) is 3.50. The van der Waals surface area contributed by atoms with Crippen molar-refractivity contribution in [1.82, 2.24) is 19.8 Å². The Labute approximate surface area is 208 Å². The maximum Gasteiger partial charge on any atom is 0.265 e. The van der Waals surface area contributed by atoms with Crippen LogP contribution in [0.25, 0.3) is 27.6 Å². The molecule has 5 rings (SSSR count). The lowest BCUT2D eigenvalue weighted by Gasteiger charge is -2.16. The van der Waals surface area contributed by atoms with Gasteiger partial charge in [-0.25, -0.2) is 0 Å². The fourth-order valence-corrected chi connectivity index (χ4v) is 4.43. The van der Waals surface area contributed by atoms with Crippen LogP contribution in [0.3, 0.4) is 0 Å². The van der Waals surface area contributed by atoms with Gasteiger partial charge in [0.1, 0.15) is 5.75 Å². The molecule has 5 aromatic rings. The fraction of sp³-hybridized carbons (Fsp3) is 0.0833. The van der Waals surface area contributed by atoms with Gasteiger partial charge in [-0.15, -0.1) is 21.5 Å². The molecule has 0 spiro atoms. The quantitative estimate of drug-likeness (QED) is 0.293. The molecule has 7 nitrogen and oxygen atoms in total. The van der Waals surface area contributed by atoms with Crippen LogP contribution >= 0.6 is 34.5 Å². The van der Waals surface area contributed by atoms with Crippen molar-refractivity contribution in [3.8, 4) is 27.7 Å². The lowest BCUT2D eigenvalue weighted by Crippen LogP contribution is -2.30. The van der Waals surface area contributed by atoms with E-state index in [0.717, 1.165) is 16.1 Å². The van der Waals surface area contributed by atoms with Crippen LogP contribution in [0, 0.1) is 0 Å². The van der Waals surface area contributed by atoms with E-state index in [1.54, 1.807) is 41.0 Å². The Morgan fingerprint density at radius 2 is 1.88 bits per heavy atom. The highest BCUT2D eigenvalue weighted by molar-refractivity contribution is 7.13. The number of carbonyl (C=O) groups excluding carboxylic acids is 1. The third-order valence-corrected chi connectivity index (χ3v) is 6.42. The summed E-state index contributed by atoms with van der Waals surface area (Å²) in [6, 6.07) is 20.0. The number of hydrogen-bond donors (Lipinski definition) is 1. The van der Waals surface area contributed by atoms with Gasteiger partial charge in [-0.2, -0.15) is 9.61 Å². The van der Waals surface area contributed by atoms with E-state index < -0.39 is 6.10 Å². The summed E-state index contributed by atoms with van der Waals surface area (Å²) in [6.45, 7) is 1.65. The van der Waals surface area contributed by atoms with Crippen LogP contribution in [-0.4, -0.2) is 31.8 Å². The highest BCUT2D eigenvalue weighted by Crippen LogP contribution is 2.29. The first-order valence-electron chi connectivity index (χ1n) is 10.3. The Balaban J connectivity index is 1.30. The van der Waals surface area contributed by atoms with Gasteiger partial charge in [0.05, 0.1) is 15.6 Å². The number of fused-ring (bicyclic) bond motifs is 1. The van der Waals surface area contributed by atoms with Gasteiger partial charge in [-0.05, 0) is 60.8 Å². The van der Waals surface area contributed by atoms with Gasteiger partial charge in [0.2, 0.25) is 0 Å². The zero-order valence-electron chi connectivity index (χ0n) is 17.8. The second-order valence-electron chi connectivity index (χ2n) is 7.39. The summed E-state index contributed by atoms with van der Waals surface area (Å²) in [6.07, 6.45) is -0.758. The molecule has 1 N–H and O–H groups in total. The number of aromatic nitrogens is 4.